The van der Waals surface area contributed by atoms with E-state index in [2.05, 4.69) is 17.4 Å². The van der Waals surface area contributed by atoms with Crippen LogP contribution in [0.3, 0.4) is 0 Å². The zero-order chi connectivity index (χ0) is 13.6. The van der Waals surface area contributed by atoms with Gasteiger partial charge in [-0.15, -0.1) is 0 Å². The van der Waals surface area contributed by atoms with Crippen molar-refractivity contribution in [2.75, 3.05) is 19.7 Å². The number of aliphatic carboxylic acids is 1. The van der Waals surface area contributed by atoms with Crippen LogP contribution in [-0.2, 0) is 16.0 Å². The molecule has 1 heterocycles. The molecule has 19 heavy (non-hydrogen) atoms. The van der Waals surface area contributed by atoms with E-state index in [-0.39, 0.29) is 0 Å². The zero-order valence-corrected chi connectivity index (χ0v) is 11.1. The van der Waals surface area contributed by atoms with Crippen LogP contribution in [0.25, 0.3) is 0 Å². The number of benzene rings is 1. The SMILES string of the molecule is O=C(O)C1(CCNCCc2ccccc2)CCCO1. The quantitative estimate of drug-likeness (QED) is 0.737. The van der Waals surface area contributed by atoms with Crippen molar-refractivity contribution in [1.29, 1.82) is 0 Å². The van der Waals surface area contributed by atoms with Crippen LogP contribution in [0.4, 0.5) is 0 Å². The summed E-state index contributed by atoms with van der Waals surface area (Å²) in [7, 11) is 0. The summed E-state index contributed by atoms with van der Waals surface area (Å²) < 4.78 is 5.43. The predicted molar refractivity (Wildman–Crippen MR) is 73.2 cm³/mol. The van der Waals surface area contributed by atoms with Gasteiger partial charge in [0.25, 0.3) is 0 Å². The van der Waals surface area contributed by atoms with Crippen molar-refractivity contribution in [3.8, 4) is 0 Å². The number of nitrogens with one attached hydrogen (secondary N) is 1. The number of hydrogen-bond donors (Lipinski definition) is 2. The summed E-state index contributed by atoms with van der Waals surface area (Å²) in [4.78, 5) is 11.3. The third-order valence-electron chi connectivity index (χ3n) is 3.63. The van der Waals surface area contributed by atoms with Crippen LogP contribution < -0.4 is 5.32 Å². The Morgan fingerprint density at radius 2 is 2.11 bits per heavy atom. The van der Waals surface area contributed by atoms with Gasteiger partial charge in [0.2, 0.25) is 0 Å². The van der Waals surface area contributed by atoms with E-state index in [1.54, 1.807) is 0 Å². The first-order valence-electron chi connectivity index (χ1n) is 6.85. The highest BCUT2D eigenvalue weighted by molar-refractivity contribution is 5.77. The van der Waals surface area contributed by atoms with Crippen LogP contribution in [0.2, 0.25) is 0 Å². The van der Waals surface area contributed by atoms with Crippen LogP contribution in [0, 0.1) is 0 Å². The Labute approximate surface area is 113 Å². The van der Waals surface area contributed by atoms with Crippen LogP contribution in [0.5, 0.6) is 0 Å². The molecule has 1 fully saturated rings. The summed E-state index contributed by atoms with van der Waals surface area (Å²) in [5, 5.41) is 12.5. The normalized spacial score (nSPS) is 22.5. The molecule has 104 valence electrons. The molecular formula is C15H21NO3. The molecule has 2 rings (SSSR count). The second kappa shape index (κ2) is 6.68. The van der Waals surface area contributed by atoms with Gasteiger partial charge < -0.3 is 15.2 Å². The van der Waals surface area contributed by atoms with E-state index in [1.807, 2.05) is 18.2 Å². The molecule has 1 aromatic carbocycles. The van der Waals surface area contributed by atoms with Gasteiger partial charge in [0, 0.05) is 6.61 Å². The Hall–Kier alpha value is -1.39. The van der Waals surface area contributed by atoms with E-state index in [0.29, 0.717) is 26.0 Å². The van der Waals surface area contributed by atoms with Gasteiger partial charge in [0.15, 0.2) is 5.60 Å². The average Bonchev–Trinajstić information content (AvgIpc) is 2.90. The molecule has 2 N–H and O–H groups in total. The third-order valence-corrected chi connectivity index (χ3v) is 3.63. The lowest BCUT2D eigenvalue weighted by atomic mass is 9.96. The highest BCUT2D eigenvalue weighted by Gasteiger charge is 2.42. The lowest BCUT2D eigenvalue weighted by molar-refractivity contribution is -0.160. The van der Waals surface area contributed by atoms with Gasteiger partial charge in [-0.05, 0) is 44.3 Å². The van der Waals surface area contributed by atoms with E-state index < -0.39 is 11.6 Å². The van der Waals surface area contributed by atoms with Crippen LogP contribution in [-0.4, -0.2) is 36.4 Å². The fraction of sp³-hybridized carbons (Fsp3) is 0.533. The summed E-state index contributed by atoms with van der Waals surface area (Å²) in [5.74, 6) is -0.824. The van der Waals surface area contributed by atoms with Gasteiger partial charge >= 0.3 is 5.97 Å². The largest absolute Gasteiger partial charge is 0.479 e. The molecule has 1 aliphatic heterocycles. The molecular weight excluding hydrogens is 242 g/mol. The first-order chi connectivity index (χ1) is 9.23. The highest BCUT2D eigenvalue weighted by Crippen LogP contribution is 2.28. The maximum atomic E-state index is 11.3. The van der Waals surface area contributed by atoms with Crippen molar-refractivity contribution in [2.24, 2.45) is 0 Å². The van der Waals surface area contributed by atoms with E-state index in [0.717, 1.165) is 19.4 Å². The predicted octanol–water partition coefficient (Wildman–Crippen LogP) is 1.84. The molecule has 0 aromatic heterocycles. The van der Waals surface area contributed by atoms with Crippen molar-refractivity contribution in [2.45, 2.75) is 31.3 Å². The fourth-order valence-electron chi connectivity index (χ4n) is 2.46. The minimum Gasteiger partial charge on any atom is -0.479 e. The Balaban J connectivity index is 1.67. The number of rotatable bonds is 7. The van der Waals surface area contributed by atoms with Crippen LogP contribution >= 0.6 is 0 Å². The second-order valence-electron chi connectivity index (χ2n) is 4.99. The summed E-state index contributed by atoms with van der Waals surface area (Å²) >= 11 is 0. The van der Waals surface area contributed by atoms with Crippen molar-refractivity contribution < 1.29 is 14.6 Å². The Bertz CT molecular complexity index is 399. The van der Waals surface area contributed by atoms with Gasteiger partial charge in [0.1, 0.15) is 0 Å². The molecule has 0 radical (unpaired) electrons. The van der Waals surface area contributed by atoms with Crippen LogP contribution in [0.1, 0.15) is 24.8 Å². The van der Waals surface area contributed by atoms with Gasteiger partial charge in [-0.1, -0.05) is 30.3 Å². The molecule has 1 saturated heterocycles. The average molecular weight is 263 g/mol. The molecule has 1 aliphatic rings. The summed E-state index contributed by atoms with van der Waals surface area (Å²) in [5.41, 5.74) is 0.347. The van der Waals surface area contributed by atoms with Gasteiger partial charge in [0.05, 0.1) is 0 Å². The van der Waals surface area contributed by atoms with Gasteiger partial charge in [-0.2, -0.15) is 0 Å². The molecule has 1 unspecified atom stereocenters. The van der Waals surface area contributed by atoms with Gasteiger partial charge in [-0.25, -0.2) is 4.79 Å². The molecule has 0 aliphatic carbocycles. The van der Waals surface area contributed by atoms with E-state index in [4.69, 9.17) is 4.74 Å². The maximum absolute atomic E-state index is 11.3. The molecule has 0 saturated carbocycles. The number of carbonyl (C=O) groups is 1. The monoisotopic (exact) mass is 263 g/mol. The van der Waals surface area contributed by atoms with Gasteiger partial charge in [-0.3, -0.25) is 0 Å². The number of carboxylic acid groups (broad SMARTS) is 1. The zero-order valence-electron chi connectivity index (χ0n) is 11.1. The molecule has 4 heteroatoms. The second-order valence-corrected chi connectivity index (χ2v) is 4.99. The maximum Gasteiger partial charge on any atom is 0.336 e. The summed E-state index contributed by atoms with van der Waals surface area (Å²) in [6, 6.07) is 10.3. The number of hydrogen-bond acceptors (Lipinski definition) is 3. The Kier molecular flexibility index (Phi) is 4.93. The number of carboxylic acids is 1. The molecule has 4 nitrogen and oxygen atoms in total. The van der Waals surface area contributed by atoms with Crippen LogP contribution in [0.15, 0.2) is 30.3 Å². The lowest BCUT2D eigenvalue weighted by Crippen LogP contribution is -2.40. The van der Waals surface area contributed by atoms with Crippen molar-refractivity contribution >= 4 is 5.97 Å². The van der Waals surface area contributed by atoms with E-state index >= 15 is 0 Å². The topological polar surface area (TPSA) is 58.6 Å². The molecule has 0 amide bonds. The van der Waals surface area contributed by atoms with E-state index in [1.165, 1.54) is 5.56 Å². The molecule has 1 atom stereocenters. The molecule has 0 spiro atoms. The third kappa shape index (κ3) is 3.78. The molecule has 0 bridgehead atoms. The molecule has 1 aromatic rings. The minimum absolute atomic E-state index is 0.539. The Morgan fingerprint density at radius 3 is 2.74 bits per heavy atom. The lowest BCUT2D eigenvalue weighted by Gasteiger charge is -2.23. The smallest absolute Gasteiger partial charge is 0.336 e. The summed E-state index contributed by atoms with van der Waals surface area (Å²) in [6.45, 7) is 2.11. The minimum atomic E-state index is -0.945. The number of ether oxygens (including phenoxy) is 1. The van der Waals surface area contributed by atoms with Crippen molar-refractivity contribution in [1.82, 2.24) is 5.32 Å². The highest BCUT2D eigenvalue weighted by atomic mass is 16.5. The van der Waals surface area contributed by atoms with Crippen molar-refractivity contribution in [3.05, 3.63) is 35.9 Å². The fourth-order valence-corrected chi connectivity index (χ4v) is 2.46. The van der Waals surface area contributed by atoms with Crippen molar-refractivity contribution in [3.63, 3.8) is 0 Å². The summed E-state index contributed by atoms with van der Waals surface area (Å²) in [6.07, 6.45) is 2.97. The first kappa shape index (κ1) is 14.0. The standard InChI is InChI=1S/C15H21NO3/c17-14(18)15(8-4-12-19-15)9-11-16-10-7-13-5-2-1-3-6-13/h1-3,5-6,16H,4,7-12H2,(H,17,18). The first-order valence-corrected chi connectivity index (χ1v) is 6.85. The Morgan fingerprint density at radius 1 is 1.32 bits per heavy atom. The van der Waals surface area contributed by atoms with E-state index in [9.17, 15) is 9.90 Å².